The Kier molecular flexibility index (Phi) is 4.70. The van der Waals surface area contributed by atoms with Crippen molar-refractivity contribution in [2.75, 3.05) is 5.32 Å². The van der Waals surface area contributed by atoms with Crippen LogP contribution < -0.4 is 5.32 Å². The summed E-state index contributed by atoms with van der Waals surface area (Å²) >= 11 is 0. The van der Waals surface area contributed by atoms with Crippen LogP contribution in [-0.4, -0.2) is 11.9 Å². The van der Waals surface area contributed by atoms with Gasteiger partial charge < -0.3 is 10.1 Å². The highest BCUT2D eigenvalue weighted by Gasteiger charge is 2.28. The molecule has 1 heterocycles. The molecule has 0 radical (unpaired) electrons. The van der Waals surface area contributed by atoms with Crippen LogP contribution in [0.25, 0.3) is 0 Å². The van der Waals surface area contributed by atoms with E-state index in [0.29, 0.717) is 17.5 Å². The van der Waals surface area contributed by atoms with Crippen molar-refractivity contribution in [2.45, 2.75) is 26.4 Å². The summed E-state index contributed by atoms with van der Waals surface area (Å²) in [5.74, 6) is -0.542. The molecule has 4 nitrogen and oxygen atoms in total. The summed E-state index contributed by atoms with van der Waals surface area (Å²) in [6.07, 6.45) is 0.217. The third kappa shape index (κ3) is 3.67. The van der Waals surface area contributed by atoms with Gasteiger partial charge in [-0.15, -0.1) is 0 Å². The molecule has 4 rings (SSSR count). The van der Waals surface area contributed by atoms with Crippen molar-refractivity contribution in [1.82, 2.24) is 0 Å². The average molecular weight is 371 g/mol. The largest absolute Gasteiger partial charge is 0.454 e. The van der Waals surface area contributed by atoms with Crippen molar-refractivity contribution in [3.63, 3.8) is 0 Å². The lowest BCUT2D eigenvalue weighted by Gasteiger charge is -2.25. The van der Waals surface area contributed by atoms with E-state index < -0.39 is 0 Å². The molecular formula is C24H21NO3. The second kappa shape index (κ2) is 7.31. The van der Waals surface area contributed by atoms with Gasteiger partial charge in [0.2, 0.25) is 0 Å². The highest BCUT2D eigenvalue weighted by atomic mass is 16.5. The van der Waals surface area contributed by atoms with Crippen LogP contribution in [-0.2, 0) is 11.2 Å². The number of amides is 1. The molecular weight excluding hydrogens is 350 g/mol. The second-order valence-electron chi connectivity index (χ2n) is 7.21. The van der Waals surface area contributed by atoms with Crippen LogP contribution in [0.5, 0.6) is 0 Å². The maximum Gasteiger partial charge on any atom is 0.339 e. The quantitative estimate of drug-likeness (QED) is 0.659. The van der Waals surface area contributed by atoms with E-state index in [1.807, 2.05) is 56.3 Å². The lowest BCUT2D eigenvalue weighted by atomic mass is 9.93. The van der Waals surface area contributed by atoms with E-state index in [9.17, 15) is 9.59 Å². The number of benzene rings is 3. The van der Waals surface area contributed by atoms with Crippen molar-refractivity contribution in [3.8, 4) is 0 Å². The molecule has 0 bridgehead atoms. The summed E-state index contributed by atoms with van der Waals surface area (Å²) in [5, 5.41) is 2.95. The zero-order valence-electron chi connectivity index (χ0n) is 15.9. The zero-order chi connectivity index (χ0) is 19.7. The SMILES string of the molecule is Cc1cc(C)cc(NC(=O)c2ccc3c(c2)CC(c2ccccc2)OC3=O)c1. The van der Waals surface area contributed by atoms with Gasteiger partial charge in [0.25, 0.3) is 5.91 Å². The molecule has 0 saturated carbocycles. The maximum atomic E-state index is 12.7. The van der Waals surface area contributed by atoms with Crippen molar-refractivity contribution < 1.29 is 14.3 Å². The molecule has 1 unspecified atom stereocenters. The van der Waals surface area contributed by atoms with Gasteiger partial charge in [0, 0.05) is 17.7 Å². The molecule has 1 aliphatic rings. The lowest BCUT2D eigenvalue weighted by Crippen LogP contribution is -2.23. The number of carbonyl (C=O) groups is 2. The number of anilines is 1. The predicted molar refractivity (Wildman–Crippen MR) is 109 cm³/mol. The molecule has 3 aromatic carbocycles. The maximum absolute atomic E-state index is 12.7. The first-order valence-corrected chi connectivity index (χ1v) is 9.28. The summed E-state index contributed by atoms with van der Waals surface area (Å²) in [7, 11) is 0. The standard InChI is InChI=1S/C24H21NO3/c1-15-10-16(2)12-20(11-15)25-23(26)18-8-9-21-19(13-18)14-22(28-24(21)27)17-6-4-3-5-7-17/h3-13,22H,14H2,1-2H3,(H,25,26). The minimum Gasteiger partial charge on any atom is -0.454 e. The number of nitrogens with one attached hydrogen (secondary N) is 1. The van der Waals surface area contributed by atoms with Gasteiger partial charge in [-0.3, -0.25) is 4.79 Å². The van der Waals surface area contributed by atoms with E-state index in [2.05, 4.69) is 11.4 Å². The van der Waals surface area contributed by atoms with Gasteiger partial charge in [0.05, 0.1) is 5.56 Å². The second-order valence-corrected chi connectivity index (χ2v) is 7.21. The third-order valence-corrected chi connectivity index (χ3v) is 4.89. The molecule has 1 aliphatic heterocycles. The van der Waals surface area contributed by atoms with Crippen LogP contribution in [0.1, 0.15) is 49.1 Å². The monoisotopic (exact) mass is 371 g/mol. The molecule has 0 fully saturated rings. The summed E-state index contributed by atoms with van der Waals surface area (Å²) in [5.41, 5.74) is 5.78. The van der Waals surface area contributed by atoms with Crippen molar-refractivity contribution in [3.05, 3.63) is 100 Å². The molecule has 0 aromatic heterocycles. The number of cyclic esters (lactones) is 1. The first-order valence-electron chi connectivity index (χ1n) is 9.28. The first-order chi connectivity index (χ1) is 13.5. The molecule has 0 spiro atoms. The Hall–Kier alpha value is -3.40. The fraction of sp³-hybridized carbons (Fsp3) is 0.167. The Labute approximate surface area is 164 Å². The topological polar surface area (TPSA) is 55.4 Å². The third-order valence-electron chi connectivity index (χ3n) is 4.89. The molecule has 140 valence electrons. The van der Waals surface area contributed by atoms with Gasteiger partial charge in [0.15, 0.2) is 0 Å². The van der Waals surface area contributed by atoms with E-state index in [4.69, 9.17) is 4.74 Å². The number of fused-ring (bicyclic) bond motifs is 1. The first kappa shape index (κ1) is 18.0. The van der Waals surface area contributed by atoms with Crippen LogP contribution in [0.15, 0.2) is 66.7 Å². The Morgan fingerprint density at radius 2 is 1.68 bits per heavy atom. The van der Waals surface area contributed by atoms with E-state index in [0.717, 1.165) is 27.9 Å². The van der Waals surface area contributed by atoms with E-state index in [-0.39, 0.29) is 18.0 Å². The lowest BCUT2D eigenvalue weighted by molar-refractivity contribution is 0.0252. The summed E-state index contributed by atoms with van der Waals surface area (Å²) in [6.45, 7) is 3.99. The van der Waals surface area contributed by atoms with Crippen LogP contribution in [0.2, 0.25) is 0 Å². The van der Waals surface area contributed by atoms with Crippen LogP contribution >= 0.6 is 0 Å². The van der Waals surface area contributed by atoms with Crippen molar-refractivity contribution in [1.29, 1.82) is 0 Å². The number of carbonyl (C=O) groups excluding carboxylic acids is 2. The predicted octanol–water partition coefficient (Wildman–Crippen LogP) is 5.01. The Morgan fingerprint density at radius 1 is 0.964 bits per heavy atom. The van der Waals surface area contributed by atoms with E-state index >= 15 is 0 Å². The fourth-order valence-electron chi connectivity index (χ4n) is 3.64. The van der Waals surface area contributed by atoms with Gasteiger partial charge in [-0.05, 0) is 66.4 Å². The van der Waals surface area contributed by atoms with Crippen molar-refractivity contribution >= 4 is 17.6 Å². The highest BCUT2D eigenvalue weighted by Crippen LogP contribution is 2.31. The summed E-state index contributed by atoms with van der Waals surface area (Å²) < 4.78 is 5.58. The molecule has 28 heavy (non-hydrogen) atoms. The number of aryl methyl sites for hydroxylation is 2. The van der Waals surface area contributed by atoms with Crippen LogP contribution in [0, 0.1) is 13.8 Å². The fourth-order valence-corrected chi connectivity index (χ4v) is 3.64. The molecule has 1 N–H and O–H groups in total. The molecule has 4 heteroatoms. The molecule has 3 aromatic rings. The Balaban J connectivity index is 1.59. The normalized spacial score (nSPS) is 15.5. The molecule has 1 amide bonds. The van der Waals surface area contributed by atoms with Crippen LogP contribution in [0.4, 0.5) is 5.69 Å². The molecule has 1 atom stereocenters. The Morgan fingerprint density at radius 3 is 2.39 bits per heavy atom. The van der Waals surface area contributed by atoms with Gasteiger partial charge in [-0.25, -0.2) is 4.79 Å². The summed E-state index contributed by atoms with van der Waals surface area (Å²) in [4.78, 5) is 25.1. The zero-order valence-corrected chi connectivity index (χ0v) is 15.9. The number of ether oxygens (including phenoxy) is 1. The number of esters is 1. The Bertz CT molecular complexity index is 1040. The van der Waals surface area contributed by atoms with E-state index in [1.54, 1.807) is 18.2 Å². The average Bonchev–Trinajstić information content (AvgIpc) is 2.67. The minimum atomic E-state index is -0.351. The molecule has 0 saturated heterocycles. The van der Waals surface area contributed by atoms with Gasteiger partial charge >= 0.3 is 5.97 Å². The molecule has 0 aliphatic carbocycles. The van der Waals surface area contributed by atoms with Crippen LogP contribution in [0.3, 0.4) is 0 Å². The number of hydrogen-bond acceptors (Lipinski definition) is 3. The van der Waals surface area contributed by atoms with Gasteiger partial charge in [-0.2, -0.15) is 0 Å². The minimum absolute atomic E-state index is 0.192. The smallest absolute Gasteiger partial charge is 0.339 e. The van der Waals surface area contributed by atoms with Gasteiger partial charge in [-0.1, -0.05) is 36.4 Å². The summed E-state index contributed by atoms with van der Waals surface area (Å²) in [6, 6.07) is 20.7. The van der Waals surface area contributed by atoms with Crippen molar-refractivity contribution in [2.24, 2.45) is 0 Å². The van der Waals surface area contributed by atoms with E-state index in [1.165, 1.54) is 0 Å². The highest BCUT2D eigenvalue weighted by molar-refractivity contribution is 6.05. The van der Waals surface area contributed by atoms with Gasteiger partial charge in [0.1, 0.15) is 6.10 Å². The number of hydrogen-bond donors (Lipinski definition) is 1. The number of rotatable bonds is 3.